The topological polar surface area (TPSA) is 78.1 Å². The lowest BCUT2D eigenvalue weighted by Gasteiger charge is -2.05. The maximum Gasteiger partial charge on any atom is 0.214 e. The maximum atomic E-state index is 13.3. The van der Waals surface area contributed by atoms with E-state index in [1.807, 2.05) is 0 Å². The molecular formula is C14H12FN3O. The molecule has 3 aromatic rings. The summed E-state index contributed by atoms with van der Waals surface area (Å²) in [5, 5.41) is 0.707. The molecule has 0 fully saturated rings. The van der Waals surface area contributed by atoms with Gasteiger partial charge in [0, 0.05) is 11.8 Å². The van der Waals surface area contributed by atoms with E-state index in [2.05, 4.69) is 4.98 Å². The zero-order valence-corrected chi connectivity index (χ0v) is 10.3. The van der Waals surface area contributed by atoms with Crippen LogP contribution in [0, 0.1) is 12.7 Å². The number of furan rings is 1. The molecule has 19 heavy (non-hydrogen) atoms. The summed E-state index contributed by atoms with van der Waals surface area (Å²) in [6, 6.07) is 4.85. The zero-order valence-electron chi connectivity index (χ0n) is 10.3. The summed E-state index contributed by atoms with van der Waals surface area (Å²) in [5.41, 5.74) is 14.7. The molecule has 96 valence electrons. The van der Waals surface area contributed by atoms with Crippen molar-refractivity contribution in [2.24, 2.45) is 0 Å². The number of hydrogen-bond acceptors (Lipinski definition) is 4. The fourth-order valence-electron chi connectivity index (χ4n) is 2.12. The summed E-state index contributed by atoms with van der Waals surface area (Å²) in [4.78, 5) is 4.10. The van der Waals surface area contributed by atoms with E-state index in [0.29, 0.717) is 22.2 Å². The second-order valence-electron chi connectivity index (χ2n) is 4.40. The third-order valence-electron chi connectivity index (χ3n) is 3.13. The van der Waals surface area contributed by atoms with Crippen LogP contribution in [0.4, 0.5) is 16.0 Å². The van der Waals surface area contributed by atoms with E-state index >= 15 is 0 Å². The predicted octanol–water partition coefficient (Wildman–Crippen LogP) is 3.11. The third kappa shape index (κ3) is 1.71. The molecule has 0 unspecified atom stereocenters. The molecule has 3 rings (SSSR count). The van der Waals surface area contributed by atoms with E-state index in [1.54, 1.807) is 31.5 Å². The molecule has 4 N–H and O–H groups in total. The summed E-state index contributed by atoms with van der Waals surface area (Å²) in [6.07, 6.45) is 3.22. The first kappa shape index (κ1) is 11.5. The van der Waals surface area contributed by atoms with Gasteiger partial charge >= 0.3 is 0 Å². The van der Waals surface area contributed by atoms with Crippen LogP contribution < -0.4 is 11.5 Å². The number of pyridine rings is 1. The predicted molar refractivity (Wildman–Crippen MR) is 73.0 cm³/mol. The highest BCUT2D eigenvalue weighted by atomic mass is 19.1. The van der Waals surface area contributed by atoms with Gasteiger partial charge in [-0.25, -0.2) is 4.39 Å². The Labute approximate surface area is 108 Å². The Kier molecular flexibility index (Phi) is 2.41. The van der Waals surface area contributed by atoms with Gasteiger partial charge < -0.3 is 15.9 Å². The average molecular weight is 257 g/mol. The number of nitrogens with two attached hydrogens (primary N) is 2. The van der Waals surface area contributed by atoms with Crippen molar-refractivity contribution in [3.05, 3.63) is 42.0 Å². The van der Waals surface area contributed by atoms with E-state index in [9.17, 15) is 4.39 Å². The first-order chi connectivity index (χ1) is 9.08. The van der Waals surface area contributed by atoms with Crippen molar-refractivity contribution in [2.75, 3.05) is 11.5 Å². The largest absolute Gasteiger partial charge is 0.437 e. The molecule has 0 aliphatic rings. The number of fused-ring (bicyclic) bond motifs is 1. The van der Waals surface area contributed by atoms with E-state index in [-0.39, 0.29) is 11.7 Å². The lowest BCUT2D eigenvalue weighted by Crippen LogP contribution is -1.91. The molecule has 1 aromatic carbocycles. The van der Waals surface area contributed by atoms with E-state index in [4.69, 9.17) is 15.9 Å². The van der Waals surface area contributed by atoms with Gasteiger partial charge in [0.05, 0.1) is 11.6 Å². The number of aromatic nitrogens is 1. The molecule has 4 nitrogen and oxygen atoms in total. The number of hydrogen-bond donors (Lipinski definition) is 2. The summed E-state index contributed by atoms with van der Waals surface area (Å²) in [7, 11) is 0. The Morgan fingerprint density at radius 1 is 1.21 bits per heavy atom. The fraction of sp³-hybridized carbons (Fsp3) is 0.0714. The molecule has 0 spiro atoms. The van der Waals surface area contributed by atoms with Crippen LogP contribution in [0.15, 0.2) is 35.0 Å². The van der Waals surface area contributed by atoms with Gasteiger partial charge in [-0.3, -0.25) is 4.98 Å². The van der Waals surface area contributed by atoms with Gasteiger partial charge in [0.1, 0.15) is 11.5 Å². The Bertz CT molecular complexity index is 780. The Morgan fingerprint density at radius 2 is 2.00 bits per heavy atom. The molecule has 0 bridgehead atoms. The van der Waals surface area contributed by atoms with Gasteiger partial charge in [-0.2, -0.15) is 0 Å². The lowest BCUT2D eigenvalue weighted by molar-refractivity contribution is 0.619. The van der Waals surface area contributed by atoms with Gasteiger partial charge in [-0.05, 0) is 30.2 Å². The van der Waals surface area contributed by atoms with Crippen LogP contribution in [-0.2, 0) is 0 Å². The average Bonchev–Trinajstić information content (AvgIpc) is 2.69. The summed E-state index contributed by atoms with van der Waals surface area (Å²) >= 11 is 0. The normalized spacial score (nSPS) is 11.1. The summed E-state index contributed by atoms with van der Waals surface area (Å²) < 4.78 is 18.7. The van der Waals surface area contributed by atoms with Crippen LogP contribution in [0.1, 0.15) is 5.56 Å². The van der Waals surface area contributed by atoms with Crippen LogP contribution in [0.2, 0.25) is 0 Å². The van der Waals surface area contributed by atoms with Crippen molar-refractivity contribution < 1.29 is 8.81 Å². The molecule has 0 amide bonds. The highest BCUT2D eigenvalue weighted by Crippen LogP contribution is 2.37. The number of anilines is 2. The van der Waals surface area contributed by atoms with Crippen molar-refractivity contribution in [2.45, 2.75) is 6.92 Å². The molecule has 0 atom stereocenters. The highest BCUT2D eigenvalue weighted by Gasteiger charge is 2.14. The van der Waals surface area contributed by atoms with Gasteiger partial charge in [0.15, 0.2) is 5.58 Å². The van der Waals surface area contributed by atoms with Crippen LogP contribution in [0.5, 0.6) is 0 Å². The standard InChI is InChI=1S/C14H12FN3O/c1-7-4-8(2-3-10(7)15)9-5-18-6-11-12(9)13(16)14(17)19-11/h2-6H,16-17H2,1H3. The smallest absolute Gasteiger partial charge is 0.214 e. The van der Waals surface area contributed by atoms with E-state index < -0.39 is 0 Å². The number of aryl methyl sites for hydroxylation is 1. The molecule has 0 radical (unpaired) electrons. The molecule has 0 saturated heterocycles. The molecule has 0 saturated carbocycles. The number of halogens is 1. The monoisotopic (exact) mass is 257 g/mol. The van der Waals surface area contributed by atoms with Crippen molar-refractivity contribution in [3.63, 3.8) is 0 Å². The molecule has 0 aliphatic heterocycles. The minimum Gasteiger partial charge on any atom is -0.437 e. The number of nitrogens with zero attached hydrogens (tertiary/aromatic N) is 1. The SMILES string of the molecule is Cc1cc(-c2cncc3oc(N)c(N)c23)ccc1F. The molecule has 0 aliphatic carbocycles. The van der Waals surface area contributed by atoms with Crippen molar-refractivity contribution in [1.29, 1.82) is 0 Å². The Morgan fingerprint density at radius 3 is 2.74 bits per heavy atom. The molecule has 5 heteroatoms. The number of benzene rings is 1. The van der Waals surface area contributed by atoms with Crippen LogP contribution in [0.3, 0.4) is 0 Å². The van der Waals surface area contributed by atoms with Crippen LogP contribution >= 0.6 is 0 Å². The first-order valence-electron chi connectivity index (χ1n) is 5.76. The maximum absolute atomic E-state index is 13.3. The summed E-state index contributed by atoms with van der Waals surface area (Å²) in [5.74, 6) is -0.0772. The second kappa shape index (κ2) is 3.98. The first-order valence-corrected chi connectivity index (χ1v) is 5.76. The Balaban J connectivity index is 2.33. The molecule has 2 heterocycles. The second-order valence-corrected chi connectivity index (χ2v) is 4.40. The highest BCUT2D eigenvalue weighted by molar-refractivity contribution is 6.04. The minimum absolute atomic E-state index is 0.170. The van der Waals surface area contributed by atoms with Crippen molar-refractivity contribution in [3.8, 4) is 11.1 Å². The van der Waals surface area contributed by atoms with Crippen molar-refractivity contribution in [1.82, 2.24) is 4.98 Å². The van der Waals surface area contributed by atoms with Gasteiger partial charge in [0.25, 0.3) is 0 Å². The number of nitrogen functional groups attached to an aromatic ring is 2. The van der Waals surface area contributed by atoms with E-state index in [0.717, 1.165) is 11.1 Å². The zero-order chi connectivity index (χ0) is 13.6. The minimum atomic E-state index is -0.247. The van der Waals surface area contributed by atoms with Crippen LogP contribution in [-0.4, -0.2) is 4.98 Å². The Hall–Kier alpha value is -2.56. The van der Waals surface area contributed by atoms with E-state index in [1.165, 1.54) is 6.07 Å². The molecular weight excluding hydrogens is 245 g/mol. The van der Waals surface area contributed by atoms with Gasteiger partial charge in [-0.15, -0.1) is 0 Å². The summed E-state index contributed by atoms with van der Waals surface area (Å²) in [6.45, 7) is 1.71. The third-order valence-corrected chi connectivity index (χ3v) is 3.13. The lowest BCUT2D eigenvalue weighted by atomic mass is 10.0. The van der Waals surface area contributed by atoms with Crippen molar-refractivity contribution >= 4 is 22.5 Å². The van der Waals surface area contributed by atoms with Gasteiger partial charge in [-0.1, -0.05) is 6.07 Å². The quantitative estimate of drug-likeness (QED) is 0.702. The molecule has 2 aromatic heterocycles. The fourth-order valence-corrected chi connectivity index (χ4v) is 2.12. The number of rotatable bonds is 1. The van der Waals surface area contributed by atoms with Gasteiger partial charge in [0.2, 0.25) is 5.88 Å². The van der Waals surface area contributed by atoms with Crippen LogP contribution in [0.25, 0.3) is 22.1 Å².